The zero-order chi connectivity index (χ0) is 19.8. The Morgan fingerprint density at radius 2 is 1.93 bits per heavy atom. The predicted octanol–water partition coefficient (Wildman–Crippen LogP) is 0.994. The van der Waals surface area contributed by atoms with E-state index in [-0.39, 0.29) is 19.4 Å². The number of nitrogens with zero attached hydrogens (tertiary/aromatic N) is 1. The molecular weight excluding hydrogens is 372 g/mol. The molecule has 2 heterocycles. The van der Waals surface area contributed by atoms with Crippen molar-refractivity contribution in [1.82, 2.24) is 4.57 Å². The van der Waals surface area contributed by atoms with Crippen molar-refractivity contribution in [3.8, 4) is 11.1 Å². The zero-order valence-electron chi connectivity index (χ0n) is 14.5. The Morgan fingerprint density at radius 1 is 1.22 bits per heavy atom. The van der Waals surface area contributed by atoms with Gasteiger partial charge in [-0.25, -0.2) is 13.2 Å². The number of amides is 1. The molecule has 2 N–H and O–H groups in total. The number of hydrogen-bond donors (Lipinski definition) is 1. The number of sulfone groups is 1. The highest BCUT2D eigenvalue weighted by Gasteiger charge is 2.25. The van der Waals surface area contributed by atoms with E-state index in [1.165, 1.54) is 12.3 Å². The average molecular weight is 390 g/mol. The topological polar surface area (TPSA) is 126 Å². The van der Waals surface area contributed by atoms with Gasteiger partial charge in [0.2, 0.25) is 5.91 Å². The number of carbonyl (C=O) groups is 2. The molecule has 8 nitrogen and oxygen atoms in total. The van der Waals surface area contributed by atoms with Crippen molar-refractivity contribution in [2.45, 2.75) is 24.8 Å². The number of nitrogens with two attached hydrogens (primary N) is 1. The van der Waals surface area contributed by atoms with Crippen LogP contribution < -0.4 is 11.3 Å². The summed E-state index contributed by atoms with van der Waals surface area (Å²) < 4.78 is 30.1. The van der Waals surface area contributed by atoms with E-state index >= 15 is 0 Å². The molecule has 1 unspecified atom stereocenters. The highest BCUT2D eigenvalue weighted by molar-refractivity contribution is 7.90. The van der Waals surface area contributed by atoms with Crippen LogP contribution in [0.15, 0.2) is 41.3 Å². The molecule has 1 aliphatic rings. The molecule has 0 aliphatic carbocycles. The van der Waals surface area contributed by atoms with Gasteiger partial charge in [-0.05, 0) is 29.7 Å². The molecule has 0 saturated heterocycles. The summed E-state index contributed by atoms with van der Waals surface area (Å²) in [6, 6.07) is 8.05. The number of benzene rings is 1. The monoisotopic (exact) mass is 390 g/mol. The fourth-order valence-electron chi connectivity index (χ4n) is 3.03. The quantitative estimate of drug-likeness (QED) is 0.733. The third-order valence-corrected chi connectivity index (χ3v) is 5.86. The van der Waals surface area contributed by atoms with Gasteiger partial charge >= 0.3 is 5.97 Å². The molecule has 1 aliphatic heterocycles. The molecule has 9 heteroatoms. The number of hydrogen-bond acceptors (Lipinski definition) is 6. The summed E-state index contributed by atoms with van der Waals surface area (Å²) in [4.78, 5) is 35.2. The Morgan fingerprint density at radius 3 is 2.56 bits per heavy atom. The van der Waals surface area contributed by atoms with Crippen LogP contribution in [0.4, 0.5) is 0 Å². The minimum absolute atomic E-state index is 0.0852. The van der Waals surface area contributed by atoms with Crippen molar-refractivity contribution in [2.75, 3.05) is 6.26 Å². The second-order valence-corrected chi connectivity index (χ2v) is 8.60. The van der Waals surface area contributed by atoms with Crippen LogP contribution in [-0.4, -0.2) is 31.1 Å². The molecule has 142 valence electrons. The van der Waals surface area contributed by atoms with Gasteiger partial charge < -0.3 is 10.5 Å². The van der Waals surface area contributed by atoms with Crippen molar-refractivity contribution >= 4 is 21.7 Å². The molecule has 0 saturated carbocycles. The van der Waals surface area contributed by atoms with E-state index in [1.807, 2.05) is 0 Å². The van der Waals surface area contributed by atoms with Crippen molar-refractivity contribution in [1.29, 1.82) is 0 Å². The molecule has 0 radical (unpaired) electrons. The van der Waals surface area contributed by atoms with Crippen molar-refractivity contribution in [3.63, 3.8) is 0 Å². The maximum Gasteiger partial charge on any atom is 0.338 e. The van der Waals surface area contributed by atoms with Crippen molar-refractivity contribution in [2.24, 2.45) is 5.73 Å². The number of cyclic esters (lactones) is 1. The highest BCUT2D eigenvalue weighted by Crippen LogP contribution is 2.27. The van der Waals surface area contributed by atoms with E-state index in [4.69, 9.17) is 10.5 Å². The second-order valence-electron chi connectivity index (χ2n) is 6.40. The Bertz CT molecular complexity index is 1090. The van der Waals surface area contributed by atoms with E-state index in [0.717, 1.165) is 16.4 Å². The molecule has 1 aromatic carbocycles. The van der Waals surface area contributed by atoms with E-state index in [1.54, 1.807) is 24.3 Å². The summed E-state index contributed by atoms with van der Waals surface area (Å²) in [6.07, 6.45) is 2.14. The lowest BCUT2D eigenvalue weighted by atomic mass is 10.0. The maximum absolute atomic E-state index is 12.5. The first kappa shape index (κ1) is 18.8. The van der Waals surface area contributed by atoms with Gasteiger partial charge in [-0.15, -0.1) is 0 Å². The van der Waals surface area contributed by atoms with E-state index in [2.05, 4.69) is 0 Å². The van der Waals surface area contributed by atoms with E-state index < -0.39 is 32.6 Å². The molecule has 3 rings (SSSR count). The average Bonchev–Trinajstić information content (AvgIpc) is 2.95. The van der Waals surface area contributed by atoms with Gasteiger partial charge in [0.1, 0.15) is 12.0 Å². The number of primary amides is 1. The lowest BCUT2D eigenvalue weighted by molar-refractivity contribution is -0.118. The van der Waals surface area contributed by atoms with Crippen LogP contribution in [0.3, 0.4) is 0 Å². The largest absolute Gasteiger partial charge is 0.457 e. The van der Waals surface area contributed by atoms with Gasteiger partial charge in [-0.3, -0.25) is 14.2 Å². The number of esters is 1. The van der Waals surface area contributed by atoms with Gasteiger partial charge in [-0.1, -0.05) is 12.1 Å². The van der Waals surface area contributed by atoms with Crippen LogP contribution in [0, 0.1) is 0 Å². The molecule has 0 spiro atoms. The lowest BCUT2D eigenvalue weighted by Crippen LogP contribution is -2.29. The van der Waals surface area contributed by atoms with Crippen molar-refractivity contribution in [3.05, 3.63) is 58.0 Å². The Kier molecular flexibility index (Phi) is 4.88. The number of fused-ring (bicyclic) bond motifs is 1. The standard InChI is InChI=1S/C18H18N2O6S/c1-27(24,25)17(5-4-15(19)21)20-7-6-12(9-16(20)22)11-2-3-13-10-26-18(23)14(13)8-11/h2-3,6-9,17H,4-5,10H2,1H3,(H2,19,21). The number of pyridine rings is 1. The third kappa shape index (κ3) is 3.92. The Hall–Kier alpha value is -2.94. The zero-order valence-corrected chi connectivity index (χ0v) is 15.4. The minimum Gasteiger partial charge on any atom is -0.457 e. The third-order valence-electron chi connectivity index (χ3n) is 4.41. The molecule has 1 aromatic heterocycles. The van der Waals surface area contributed by atoms with Gasteiger partial charge in [0, 0.05) is 30.5 Å². The fraction of sp³-hybridized carbons (Fsp3) is 0.278. The smallest absolute Gasteiger partial charge is 0.338 e. The van der Waals surface area contributed by atoms with Gasteiger partial charge in [0.15, 0.2) is 9.84 Å². The number of rotatable bonds is 6. The Balaban J connectivity index is 1.98. The van der Waals surface area contributed by atoms with Crippen LogP contribution in [0.2, 0.25) is 0 Å². The first-order chi connectivity index (χ1) is 12.7. The van der Waals surface area contributed by atoms with Crippen LogP contribution in [0.25, 0.3) is 11.1 Å². The summed E-state index contributed by atoms with van der Waals surface area (Å²) in [7, 11) is -3.63. The first-order valence-electron chi connectivity index (χ1n) is 8.16. The summed E-state index contributed by atoms with van der Waals surface area (Å²) in [6.45, 7) is 0.228. The molecule has 0 bridgehead atoms. The molecular formula is C18H18N2O6S. The van der Waals surface area contributed by atoms with E-state index in [0.29, 0.717) is 16.7 Å². The fourth-order valence-corrected chi connectivity index (χ4v) is 4.16. The molecule has 0 fully saturated rings. The van der Waals surface area contributed by atoms with Crippen LogP contribution in [0.1, 0.15) is 34.1 Å². The number of ether oxygens (including phenoxy) is 1. The summed E-state index contributed by atoms with van der Waals surface area (Å²) in [5.41, 5.74) is 6.98. The SMILES string of the molecule is CS(=O)(=O)C(CCC(N)=O)n1ccc(-c2ccc3c(c2)C(=O)OC3)cc1=O. The summed E-state index contributed by atoms with van der Waals surface area (Å²) >= 11 is 0. The van der Waals surface area contributed by atoms with Crippen LogP contribution in [-0.2, 0) is 26.0 Å². The van der Waals surface area contributed by atoms with Gasteiger partial charge in [0.05, 0.1) is 5.56 Å². The Labute approximate surface area is 155 Å². The predicted molar refractivity (Wildman–Crippen MR) is 97.6 cm³/mol. The van der Waals surface area contributed by atoms with Crippen LogP contribution >= 0.6 is 0 Å². The van der Waals surface area contributed by atoms with E-state index in [9.17, 15) is 22.8 Å². The normalized spacial score (nSPS) is 14.5. The molecule has 27 heavy (non-hydrogen) atoms. The minimum atomic E-state index is -3.63. The van der Waals surface area contributed by atoms with Gasteiger partial charge in [0.25, 0.3) is 5.56 Å². The molecule has 1 atom stereocenters. The van der Waals surface area contributed by atoms with Crippen LogP contribution in [0.5, 0.6) is 0 Å². The van der Waals surface area contributed by atoms with Gasteiger partial charge in [-0.2, -0.15) is 0 Å². The summed E-state index contributed by atoms with van der Waals surface area (Å²) in [5, 5.41) is -1.18. The lowest BCUT2D eigenvalue weighted by Gasteiger charge is -2.18. The summed E-state index contributed by atoms with van der Waals surface area (Å²) in [5.74, 6) is -1.05. The molecule has 2 aromatic rings. The first-order valence-corrected chi connectivity index (χ1v) is 10.1. The second kappa shape index (κ2) is 6.99. The molecule has 1 amide bonds. The van der Waals surface area contributed by atoms with Crippen molar-refractivity contribution < 1.29 is 22.7 Å². The highest BCUT2D eigenvalue weighted by atomic mass is 32.2. The maximum atomic E-state index is 12.5. The number of aromatic nitrogens is 1. The number of carbonyl (C=O) groups excluding carboxylic acids is 2.